The molecule has 1 N–H and O–H groups in total. The Hall–Kier alpha value is -1.67. The van der Waals surface area contributed by atoms with Crippen molar-refractivity contribution in [2.24, 2.45) is 0 Å². The summed E-state index contributed by atoms with van der Waals surface area (Å²) >= 11 is 0. The minimum Gasteiger partial charge on any atom is -0.388 e. The van der Waals surface area contributed by atoms with Gasteiger partial charge in [-0.1, -0.05) is 31.2 Å². The fourth-order valence-electron chi connectivity index (χ4n) is 3.55. The lowest BCUT2D eigenvalue weighted by molar-refractivity contribution is 0.153. The normalized spacial score (nSPS) is 19.0. The summed E-state index contributed by atoms with van der Waals surface area (Å²) in [7, 11) is 0. The summed E-state index contributed by atoms with van der Waals surface area (Å²) in [6.07, 6.45) is 8.60. The van der Waals surface area contributed by atoms with E-state index in [1.165, 1.54) is 30.4 Å². The molecular weight excluding hydrogens is 258 g/mol. The molecule has 2 aromatic rings. The number of aryl methyl sites for hydroxylation is 2. The smallest absolute Gasteiger partial charge is 0.0799 e. The lowest BCUT2D eigenvalue weighted by Crippen LogP contribution is -2.14. The van der Waals surface area contributed by atoms with Crippen LogP contribution in [0, 0.1) is 0 Å². The van der Waals surface area contributed by atoms with E-state index in [2.05, 4.69) is 36.2 Å². The molecule has 0 radical (unpaired) electrons. The number of hydrogen-bond acceptors (Lipinski definition) is 2. The third-order valence-corrected chi connectivity index (χ3v) is 4.68. The first kappa shape index (κ1) is 14.3. The fraction of sp³-hybridized carbons (Fsp3) is 0.421. The molecule has 0 amide bonds. The van der Waals surface area contributed by atoms with Crippen LogP contribution in [0.15, 0.2) is 42.7 Å². The van der Waals surface area contributed by atoms with Gasteiger partial charge in [0.05, 0.1) is 6.10 Å². The van der Waals surface area contributed by atoms with Crippen LogP contribution in [0.25, 0.3) is 0 Å². The summed E-state index contributed by atoms with van der Waals surface area (Å²) in [5.74, 6) is 0.475. The van der Waals surface area contributed by atoms with Crippen LogP contribution < -0.4 is 0 Å². The molecule has 1 aromatic carbocycles. The van der Waals surface area contributed by atoms with Gasteiger partial charge >= 0.3 is 0 Å². The van der Waals surface area contributed by atoms with Crippen LogP contribution in [0.3, 0.4) is 0 Å². The van der Waals surface area contributed by atoms with Crippen molar-refractivity contribution in [1.29, 1.82) is 0 Å². The number of rotatable bonds is 4. The highest BCUT2D eigenvalue weighted by Crippen LogP contribution is 2.38. The van der Waals surface area contributed by atoms with Gasteiger partial charge < -0.3 is 5.11 Å². The van der Waals surface area contributed by atoms with Crippen molar-refractivity contribution in [3.8, 4) is 0 Å². The molecule has 110 valence electrons. The van der Waals surface area contributed by atoms with E-state index < -0.39 is 0 Å². The summed E-state index contributed by atoms with van der Waals surface area (Å²) in [6.45, 7) is 2.11. The number of aromatic nitrogens is 1. The Labute approximate surface area is 126 Å². The van der Waals surface area contributed by atoms with Gasteiger partial charge in [-0.2, -0.15) is 0 Å². The molecular formula is C19H23NO. The van der Waals surface area contributed by atoms with Crippen molar-refractivity contribution in [2.75, 3.05) is 0 Å². The monoisotopic (exact) mass is 281 g/mol. The standard InChI is InChI=1S/C19H23NO/c1-2-14-13-20-11-10-18(14)19(21)12-16-8-5-7-15-6-3-4-9-17(15)16/h3-4,6,9-11,13,16,19,21H,2,5,7-8,12H2,1H3. The highest BCUT2D eigenvalue weighted by atomic mass is 16.3. The minimum absolute atomic E-state index is 0.390. The van der Waals surface area contributed by atoms with E-state index in [1.807, 2.05) is 12.3 Å². The van der Waals surface area contributed by atoms with Gasteiger partial charge in [-0.3, -0.25) is 4.98 Å². The van der Waals surface area contributed by atoms with Gasteiger partial charge in [0.1, 0.15) is 0 Å². The molecule has 2 unspecified atom stereocenters. The van der Waals surface area contributed by atoms with Crippen LogP contribution in [-0.2, 0) is 12.8 Å². The first-order valence-electron chi connectivity index (χ1n) is 7.98. The molecule has 2 nitrogen and oxygen atoms in total. The molecule has 1 aromatic heterocycles. The van der Waals surface area contributed by atoms with E-state index in [0.717, 1.165) is 24.0 Å². The summed E-state index contributed by atoms with van der Waals surface area (Å²) in [5, 5.41) is 10.7. The van der Waals surface area contributed by atoms with Crippen molar-refractivity contribution in [2.45, 2.75) is 51.0 Å². The molecule has 0 aliphatic heterocycles. The van der Waals surface area contributed by atoms with E-state index in [-0.39, 0.29) is 6.10 Å². The highest BCUT2D eigenvalue weighted by molar-refractivity contribution is 5.33. The number of pyridine rings is 1. The molecule has 2 heteroatoms. The zero-order valence-corrected chi connectivity index (χ0v) is 12.6. The van der Waals surface area contributed by atoms with Crippen LogP contribution in [0.5, 0.6) is 0 Å². The zero-order valence-electron chi connectivity index (χ0n) is 12.6. The van der Waals surface area contributed by atoms with Gasteiger partial charge in [-0.25, -0.2) is 0 Å². The lowest BCUT2D eigenvalue weighted by atomic mass is 9.79. The fourth-order valence-corrected chi connectivity index (χ4v) is 3.55. The first-order valence-corrected chi connectivity index (χ1v) is 7.98. The van der Waals surface area contributed by atoms with Gasteiger partial charge in [-0.15, -0.1) is 0 Å². The molecule has 0 saturated heterocycles. The van der Waals surface area contributed by atoms with Crippen molar-refractivity contribution in [1.82, 2.24) is 4.98 Å². The van der Waals surface area contributed by atoms with E-state index in [0.29, 0.717) is 5.92 Å². The summed E-state index contributed by atoms with van der Waals surface area (Å²) in [5.41, 5.74) is 5.12. The number of aliphatic hydroxyl groups excluding tert-OH is 1. The van der Waals surface area contributed by atoms with Crippen LogP contribution in [0.1, 0.15) is 60.5 Å². The van der Waals surface area contributed by atoms with E-state index in [9.17, 15) is 5.11 Å². The number of benzene rings is 1. The molecule has 2 atom stereocenters. The third-order valence-electron chi connectivity index (χ3n) is 4.68. The Balaban J connectivity index is 1.81. The van der Waals surface area contributed by atoms with E-state index in [1.54, 1.807) is 6.20 Å². The second-order valence-electron chi connectivity index (χ2n) is 5.97. The topological polar surface area (TPSA) is 33.1 Å². The van der Waals surface area contributed by atoms with Crippen LogP contribution in [-0.4, -0.2) is 10.1 Å². The third kappa shape index (κ3) is 3.01. The van der Waals surface area contributed by atoms with Gasteiger partial charge in [0.25, 0.3) is 0 Å². The Morgan fingerprint density at radius 2 is 2.14 bits per heavy atom. The average molecular weight is 281 g/mol. The van der Waals surface area contributed by atoms with E-state index in [4.69, 9.17) is 0 Å². The maximum Gasteiger partial charge on any atom is 0.0799 e. The Morgan fingerprint density at radius 1 is 1.29 bits per heavy atom. The predicted molar refractivity (Wildman–Crippen MR) is 85.3 cm³/mol. The van der Waals surface area contributed by atoms with Gasteiger partial charge in [0, 0.05) is 12.4 Å². The molecule has 0 fully saturated rings. The van der Waals surface area contributed by atoms with Crippen molar-refractivity contribution >= 4 is 0 Å². The highest BCUT2D eigenvalue weighted by Gasteiger charge is 2.23. The number of nitrogens with zero attached hydrogens (tertiary/aromatic N) is 1. The largest absolute Gasteiger partial charge is 0.388 e. The molecule has 0 saturated carbocycles. The van der Waals surface area contributed by atoms with Gasteiger partial charge in [0.2, 0.25) is 0 Å². The maximum atomic E-state index is 10.7. The lowest BCUT2D eigenvalue weighted by Gasteiger charge is -2.28. The van der Waals surface area contributed by atoms with Crippen molar-refractivity contribution in [3.63, 3.8) is 0 Å². The number of hydrogen-bond donors (Lipinski definition) is 1. The van der Waals surface area contributed by atoms with Crippen molar-refractivity contribution in [3.05, 3.63) is 65.0 Å². The second-order valence-corrected chi connectivity index (χ2v) is 5.97. The second kappa shape index (κ2) is 6.40. The molecule has 0 spiro atoms. The quantitative estimate of drug-likeness (QED) is 0.911. The van der Waals surface area contributed by atoms with Crippen LogP contribution in [0.4, 0.5) is 0 Å². The van der Waals surface area contributed by atoms with Crippen LogP contribution in [0.2, 0.25) is 0 Å². The Kier molecular flexibility index (Phi) is 4.35. The average Bonchev–Trinajstić information content (AvgIpc) is 2.55. The summed E-state index contributed by atoms with van der Waals surface area (Å²) in [4.78, 5) is 4.17. The van der Waals surface area contributed by atoms with Crippen LogP contribution >= 0.6 is 0 Å². The number of fused-ring (bicyclic) bond motifs is 1. The SMILES string of the molecule is CCc1cnccc1C(O)CC1CCCc2ccccc21. The zero-order chi connectivity index (χ0) is 14.7. The molecule has 1 heterocycles. The Morgan fingerprint density at radius 3 is 3.00 bits per heavy atom. The summed E-state index contributed by atoms with van der Waals surface area (Å²) < 4.78 is 0. The molecule has 3 rings (SSSR count). The molecule has 1 aliphatic rings. The van der Waals surface area contributed by atoms with Crippen molar-refractivity contribution < 1.29 is 5.11 Å². The maximum absolute atomic E-state index is 10.7. The van der Waals surface area contributed by atoms with Gasteiger partial charge in [0.15, 0.2) is 0 Å². The molecule has 1 aliphatic carbocycles. The minimum atomic E-state index is -0.390. The first-order chi connectivity index (χ1) is 10.3. The van der Waals surface area contributed by atoms with E-state index >= 15 is 0 Å². The van der Waals surface area contributed by atoms with Gasteiger partial charge in [-0.05, 0) is 66.3 Å². The predicted octanol–water partition coefficient (Wildman–Crippen LogP) is 4.19. The summed E-state index contributed by atoms with van der Waals surface area (Å²) in [6, 6.07) is 10.7. The Bertz CT molecular complexity index is 608. The molecule has 0 bridgehead atoms. The molecule has 21 heavy (non-hydrogen) atoms. The number of aliphatic hydroxyl groups is 1.